The summed E-state index contributed by atoms with van der Waals surface area (Å²) in [5.74, 6) is 0. The fourth-order valence-electron chi connectivity index (χ4n) is 2.47. The van der Waals surface area contributed by atoms with Crippen LogP contribution in [0.15, 0.2) is 12.3 Å². The number of rotatable bonds is 7. The number of hydrogen-bond acceptors (Lipinski definition) is 4. The highest BCUT2D eigenvalue weighted by molar-refractivity contribution is 5.15. The van der Waals surface area contributed by atoms with Crippen LogP contribution in [0.1, 0.15) is 22.6 Å². The van der Waals surface area contributed by atoms with Crippen LogP contribution in [0.4, 0.5) is 0 Å². The van der Waals surface area contributed by atoms with Crippen LogP contribution in [0.5, 0.6) is 0 Å². The number of aromatic nitrogens is 4. The maximum Gasteiger partial charge on any atom is 0.0641 e. The van der Waals surface area contributed by atoms with E-state index >= 15 is 0 Å². The fourth-order valence-corrected chi connectivity index (χ4v) is 2.47. The van der Waals surface area contributed by atoms with Gasteiger partial charge in [-0.25, -0.2) is 0 Å². The number of nitrogens with zero attached hydrogens (tertiary/aromatic N) is 5. The van der Waals surface area contributed by atoms with E-state index in [2.05, 4.69) is 35.1 Å². The van der Waals surface area contributed by atoms with Crippen LogP contribution in [0.25, 0.3) is 0 Å². The summed E-state index contributed by atoms with van der Waals surface area (Å²) in [6.45, 7) is 9.47. The number of aliphatic hydroxyl groups excluding tert-OH is 1. The molecule has 0 unspecified atom stereocenters. The van der Waals surface area contributed by atoms with Crippen LogP contribution in [0.2, 0.25) is 0 Å². The highest BCUT2D eigenvalue weighted by Gasteiger charge is 2.09. The van der Waals surface area contributed by atoms with Crippen molar-refractivity contribution in [1.29, 1.82) is 0 Å². The Hall–Kier alpha value is -1.66. The van der Waals surface area contributed by atoms with Crippen molar-refractivity contribution in [2.75, 3.05) is 20.2 Å². The van der Waals surface area contributed by atoms with Crippen LogP contribution >= 0.6 is 0 Å². The predicted octanol–water partition coefficient (Wildman–Crippen LogP) is 1.13. The second-order valence-electron chi connectivity index (χ2n) is 5.61. The molecular weight excluding hydrogens is 266 g/mol. The zero-order valence-electron chi connectivity index (χ0n) is 13.4. The lowest BCUT2D eigenvalue weighted by Gasteiger charge is -2.16. The summed E-state index contributed by atoms with van der Waals surface area (Å²) >= 11 is 0. The Morgan fingerprint density at radius 3 is 2.57 bits per heavy atom. The van der Waals surface area contributed by atoms with Crippen LogP contribution in [0, 0.1) is 20.8 Å². The number of aryl methyl sites for hydroxylation is 3. The minimum atomic E-state index is 0.119. The summed E-state index contributed by atoms with van der Waals surface area (Å²) in [4.78, 5) is 2.27. The first kappa shape index (κ1) is 15.7. The van der Waals surface area contributed by atoms with Gasteiger partial charge in [0.2, 0.25) is 0 Å². The molecule has 0 amide bonds. The van der Waals surface area contributed by atoms with Gasteiger partial charge in [0, 0.05) is 30.5 Å². The van der Waals surface area contributed by atoms with E-state index in [1.54, 1.807) is 4.68 Å². The summed E-state index contributed by atoms with van der Waals surface area (Å²) in [5.41, 5.74) is 4.50. The fraction of sp³-hybridized carbons (Fsp3) is 0.600. The maximum atomic E-state index is 8.96. The Morgan fingerprint density at radius 2 is 1.95 bits per heavy atom. The molecule has 116 valence electrons. The Bertz CT molecular complexity index is 587. The molecule has 2 rings (SSSR count). The van der Waals surface area contributed by atoms with Crippen molar-refractivity contribution in [3.63, 3.8) is 0 Å². The second kappa shape index (κ2) is 6.87. The maximum absolute atomic E-state index is 8.96. The monoisotopic (exact) mass is 291 g/mol. The van der Waals surface area contributed by atoms with Crippen molar-refractivity contribution in [3.8, 4) is 0 Å². The van der Waals surface area contributed by atoms with E-state index in [1.165, 1.54) is 11.3 Å². The number of likely N-dealkylation sites (N-methyl/N-ethyl adjacent to an activating group) is 1. The lowest BCUT2D eigenvalue weighted by atomic mass is 10.2. The van der Waals surface area contributed by atoms with Crippen molar-refractivity contribution in [1.82, 2.24) is 24.5 Å². The van der Waals surface area contributed by atoms with E-state index in [0.717, 1.165) is 31.0 Å². The smallest absolute Gasteiger partial charge is 0.0641 e. The summed E-state index contributed by atoms with van der Waals surface area (Å²) < 4.78 is 3.85. The highest BCUT2D eigenvalue weighted by atomic mass is 16.3. The van der Waals surface area contributed by atoms with Crippen molar-refractivity contribution in [3.05, 3.63) is 34.9 Å². The van der Waals surface area contributed by atoms with Gasteiger partial charge in [0.15, 0.2) is 0 Å². The summed E-state index contributed by atoms with van der Waals surface area (Å²) in [6, 6.07) is 2.10. The first-order chi connectivity index (χ1) is 9.99. The van der Waals surface area contributed by atoms with Crippen molar-refractivity contribution in [2.45, 2.75) is 40.4 Å². The zero-order valence-corrected chi connectivity index (χ0v) is 13.4. The second-order valence-corrected chi connectivity index (χ2v) is 5.61. The van der Waals surface area contributed by atoms with Crippen LogP contribution < -0.4 is 0 Å². The normalized spacial score (nSPS) is 11.5. The lowest BCUT2D eigenvalue weighted by Crippen LogP contribution is -2.23. The average Bonchev–Trinajstić information content (AvgIpc) is 2.90. The largest absolute Gasteiger partial charge is 0.394 e. The van der Waals surface area contributed by atoms with Crippen LogP contribution in [-0.2, 0) is 19.6 Å². The van der Waals surface area contributed by atoms with Gasteiger partial charge in [-0.3, -0.25) is 9.36 Å². The Morgan fingerprint density at radius 1 is 1.19 bits per heavy atom. The molecule has 0 saturated heterocycles. The molecule has 0 aliphatic carbocycles. The molecule has 0 saturated carbocycles. The van der Waals surface area contributed by atoms with Crippen molar-refractivity contribution < 1.29 is 5.11 Å². The van der Waals surface area contributed by atoms with Gasteiger partial charge < -0.3 is 10.0 Å². The average molecular weight is 291 g/mol. The molecular formula is C15H25N5O. The summed E-state index contributed by atoms with van der Waals surface area (Å²) in [6.07, 6.45) is 2.02. The molecule has 6 nitrogen and oxygen atoms in total. The minimum Gasteiger partial charge on any atom is -0.394 e. The first-order valence-corrected chi connectivity index (χ1v) is 7.33. The Balaban J connectivity index is 1.89. The van der Waals surface area contributed by atoms with Gasteiger partial charge in [0.1, 0.15) is 0 Å². The minimum absolute atomic E-state index is 0.119. The molecule has 0 aromatic carbocycles. The van der Waals surface area contributed by atoms with E-state index in [9.17, 15) is 0 Å². The Kier molecular flexibility index (Phi) is 5.14. The molecule has 0 spiro atoms. The number of aliphatic hydroxyl groups is 1. The topological polar surface area (TPSA) is 59.1 Å². The quantitative estimate of drug-likeness (QED) is 0.831. The van der Waals surface area contributed by atoms with E-state index in [-0.39, 0.29) is 6.61 Å². The summed E-state index contributed by atoms with van der Waals surface area (Å²) in [7, 11) is 2.11. The third kappa shape index (κ3) is 4.15. The highest BCUT2D eigenvalue weighted by Crippen LogP contribution is 2.09. The van der Waals surface area contributed by atoms with Gasteiger partial charge in [0.25, 0.3) is 0 Å². The molecule has 0 aliphatic rings. The molecule has 2 heterocycles. The standard InChI is InChI=1S/C15H25N5O/c1-12-9-13(2)20(16-12)6-5-18(4)10-15-11-19(7-8-21)17-14(15)3/h9,11,21H,5-8,10H2,1-4H3. The molecule has 0 atom stereocenters. The zero-order chi connectivity index (χ0) is 15.4. The molecule has 0 bridgehead atoms. The molecule has 1 N–H and O–H groups in total. The predicted molar refractivity (Wildman–Crippen MR) is 82.1 cm³/mol. The molecule has 2 aromatic heterocycles. The van der Waals surface area contributed by atoms with E-state index in [1.807, 2.05) is 24.7 Å². The molecule has 0 radical (unpaired) electrons. The van der Waals surface area contributed by atoms with Crippen LogP contribution in [0.3, 0.4) is 0 Å². The third-order valence-electron chi connectivity index (χ3n) is 3.61. The van der Waals surface area contributed by atoms with Gasteiger partial charge >= 0.3 is 0 Å². The number of hydrogen-bond donors (Lipinski definition) is 1. The molecule has 21 heavy (non-hydrogen) atoms. The molecule has 0 fully saturated rings. The first-order valence-electron chi connectivity index (χ1n) is 7.33. The summed E-state index contributed by atoms with van der Waals surface area (Å²) in [5, 5.41) is 17.8. The Labute approximate surface area is 126 Å². The van der Waals surface area contributed by atoms with E-state index in [4.69, 9.17) is 5.11 Å². The van der Waals surface area contributed by atoms with E-state index < -0.39 is 0 Å². The van der Waals surface area contributed by atoms with Gasteiger partial charge in [-0.05, 0) is 33.9 Å². The molecule has 0 aliphatic heterocycles. The van der Waals surface area contributed by atoms with Crippen molar-refractivity contribution in [2.24, 2.45) is 0 Å². The van der Waals surface area contributed by atoms with Gasteiger partial charge in [-0.1, -0.05) is 0 Å². The van der Waals surface area contributed by atoms with Crippen LogP contribution in [-0.4, -0.2) is 49.8 Å². The van der Waals surface area contributed by atoms with Gasteiger partial charge in [-0.2, -0.15) is 10.2 Å². The SMILES string of the molecule is Cc1cc(C)n(CCN(C)Cc2cn(CCO)nc2C)n1. The van der Waals surface area contributed by atoms with Crippen molar-refractivity contribution >= 4 is 0 Å². The van der Waals surface area contributed by atoms with E-state index in [0.29, 0.717) is 6.54 Å². The molecule has 6 heteroatoms. The van der Waals surface area contributed by atoms with Gasteiger partial charge in [-0.15, -0.1) is 0 Å². The van der Waals surface area contributed by atoms with Gasteiger partial charge in [0.05, 0.1) is 31.1 Å². The third-order valence-corrected chi connectivity index (χ3v) is 3.61. The molecule has 2 aromatic rings. The lowest BCUT2D eigenvalue weighted by molar-refractivity contribution is 0.269.